The Kier molecular flexibility index (Phi) is 6.72. The van der Waals surface area contributed by atoms with E-state index < -0.39 is 0 Å². The number of ether oxygens (including phenoxy) is 2. The maximum atomic E-state index is 5.92. The lowest BCUT2D eigenvalue weighted by Crippen LogP contribution is -2.10. The van der Waals surface area contributed by atoms with Gasteiger partial charge in [-0.05, 0) is 53.4 Å². The van der Waals surface area contributed by atoms with Gasteiger partial charge in [-0.1, -0.05) is 19.9 Å². The van der Waals surface area contributed by atoms with Gasteiger partial charge in [-0.15, -0.1) is 0 Å². The van der Waals surface area contributed by atoms with E-state index in [2.05, 4.69) is 63.2 Å². The summed E-state index contributed by atoms with van der Waals surface area (Å²) in [5.74, 6) is 2.29. The number of rotatable bonds is 9. The van der Waals surface area contributed by atoms with Crippen LogP contribution in [-0.2, 0) is 7.05 Å². The van der Waals surface area contributed by atoms with Gasteiger partial charge in [0, 0.05) is 7.05 Å². The number of nitrogens with one attached hydrogen (secondary N) is 1. The molecule has 0 spiro atoms. The zero-order valence-electron chi connectivity index (χ0n) is 16.7. The molecule has 3 rings (SSSR count). The minimum atomic E-state index is 0.00871. The van der Waals surface area contributed by atoms with Crippen LogP contribution in [0.3, 0.4) is 0 Å². The van der Waals surface area contributed by atoms with Crippen LogP contribution in [0, 0.1) is 0 Å². The van der Waals surface area contributed by atoms with Crippen molar-refractivity contribution in [3.05, 3.63) is 34.7 Å². The van der Waals surface area contributed by atoms with Gasteiger partial charge in [0.15, 0.2) is 17.1 Å². The van der Waals surface area contributed by atoms with E-state index in [1.54, 1.807) is 11.0 Å². The third kappa shape index (κ3) is 4.38. The standard InChI is InChI=1S/C20H26BrN5O2/c1-5-9-27-15-8-7-14(11-16(15)28-10-6-2)13(3)24-19-17-18(21)25-26(4)20(17)23-12-22-19/h7-8,11-13H,5-6,9-10H2,1-4H3,(H,22,23,24). The lowest BCUT2D eigenvalue weighted by molar-refractivity contribution is 0.268. The molecule has 0 aliphatic rings. The molecule has 0 saturated carbocycles. The molecule has 1 N–H and O–H groups in total. The van der Waals surface area contributed by atoms with Gasteiger partial charge in [-0.25, -0.2) is 14.6 Å². The number of hydrogen-bond donors (Lipinski definition) is 1. The van der Waals surface area contributed by atoms with Crippen LogP contribution in [0.25, 0.3) is 11.0 Å². The van der Waals surface area contributed by atoms with Crippen molar-refractivity contribution in [3.63, 3.8) is 0 Å². The lowest BCUT2D eigenvalue weighted by Gasteiger charge is -2.18. The van der Waals surface area contributed by atoms with Crippen molar-refractivity contribution in [1.29, 1.82) is 0 Å². The minimum Gasteiger partial charge on any atom is -0.490 e. The Balaban J connectivity index is 1.87. The molecule has 28 heavy (non-hydrogen) atoms. The summed E-state index contributed by atoms with van der Waals surface area (Å²) in [6.45, 7) is 7.59. The monoisotopic (exact) mass is 447 g/mol. The Labute approximate surface area is 173 Å². The maximum Gasteiger partial charge on any atom is 0.164 e. The molecule has 1 atom stereocenters. The second kappa shape index (κ2) is 9.23. The fraction of sp³-hybridized carbons (Fsp3) is 0.450. The number of halogens is 1. The Morgan fingerprint density at radius 2 is 1.82 bits per heavy atom. The zero-order chi connectivity index (χ0) is 20.1. The van der Waals surface area contributed by atoms with Crippen molar-refractivity contribution < 1.29 is 9.47 Å². The summed E-state index contributed by atoms with van der Waals surface area (Å²) in [5.41, 5.74) is 1.86. The molecule has 0 aliphatic heterocycles. The van der Waals surface area contributed by atoms with Gasteiger partial charge in [0.05, 0.1) is 24.6 Å². The van der Waals surface area contributed by atoms with E-state index in [1.807, 2.05) is 19.2 Å². The predicted octanol–water partition coefficient (Wildman–Crippen LogP) is 4.88. The Morgan fingerprint density at radius 1 is 1.11 bits per heavy atom. The van der Waals surface area contributed by atoms with Crippen LogP contribution < -0.4 is 14.8 Å². The van der Waals surface area contributed by atoms with Crippen LogP contribution in [0.5, 0.6) is 11.5 Å². The average molecular weight is 448 g/mol. The van der Waals surface area contributed by atoms with Crippen molar-refractivity contribution in [2.24, 2.45) is 7.05 Å². The molecular weight excluding hydrogens is 422 g/mol. The summed E-state index contributed by atoms with van der Waals surface area (Å²) in [5, 5.41) is 8.71. The number of nitrogens with zero attached hydrogens (tertiary/aromatic N) is 4. The topological polar surface area (TPSA) is 74.1 Å². The van der Waals surface area contributed by atoms with Crippen LogP contribution in [0.1, 0.15) is 45.2 Å². The molecule has 0 aliphatic carbocycles. The molecule has 7 nitrogen and oxygen atoms in total. The smallest absolute Gasteiger partial charge is 0.164 e. The highest BCUT2D eigenvalue weighted by atomic mass is 79.9. The molecule has 2 heterocycles. The molecule has 2 aromatic heterocycles. The van der Waals surface area contributed by atoms with Crippen LogP contribution in [0.4, 0.5) is 5.82 Å². The minimum absolute atomic E-state index is 0.00871. The summed E-state index contributed by atoms with van der Waals surface area (Å²) >= 11 is 3.50. The molecule has 3 aromatic rings. The van der Waals surface area contributed by atoms with Gasteiger partial charge < -0.3 is 14.8 Å². The fourth-order valence-corrected chi connectivity index (χ4v) is 3.49. The first-order valence-electron chi connectivity index (χ1n) is 9.54. The normalized spacial score (nSPS) is 12.2. The van der Waals surface area contributed by atoms with E-state index in [0.717, 1.165) is 51.4 Å². The second-order valence-corrected chi connectivity index (χ2v) is 7.36. The van der Waals surface area contributed by atoms with Gasteiger partial charge in [-0.2, -0.15) is 5.10 Å². The SMILES string of the molecule is CCCOc1ccc(C(C)Nc2ncnc3c2c(Br)nn3C)cc1OCCC. The van der Waals surface area contributed by atoms with E-state index in [9.17, 15) is 0 Å². The summed E-state index contributed by atoms with van der Waals surface area (Å²) in [6.07, 6.45) is 3.44. The fourth-order valence-electron chi connectivity index (χ4n) is 2.89. The van der Waals surface area contributed by atoms with Crippen molar-refractivity contribution in [3.8, 4) is 11.5 Å². The molecule has 1 aromatic carbocycles. The molecule has 0 saturated heterocycles. The highest BCUT2D eigenvalue weighted by molar-refractivity contribution is 9.10. The van der Waals surface area contributed by atoms with Crippen LogP contribution >= 0.6 is 15.9 Å². The molecular formula is C20H26BrN5O2. The zero-order valence-corrected chi connectivity index (χ0v) is 18.3. The predicted molar refractivity (Wildman–Crippen MR) is 114 cm³/mol. The first-order chi connectivity index (χ1) is 13.5. The van der Waals surface area contributed by atoms with E-state index in [0.29, 0.717) is 13.2 Å². The largest absolute Gasteiger partial charge is 0.490 e. The number of aryl methyl sites for hydroxylation is 1. The first-order valence-corrected chi connectivity index (χ1v) is 10.3. The molecule has 0 fully saturated rings. The van der Waals surface area contributed by atoms with Gasteiger partial charge in [0.1, 0.15) is 16.7 Å². The summed E-state index contributed by atoms with van der Waals surface area (Å²) < 4.78 is 14.2. The Morgan fingerprint density at radius 3 is 2.54 bits per heavy atom. The first kappa shape index (κ1) is 20.4. The molecule has 150 valence electrons. The van der Waals surface area contributed by atoms with Gasteiger partial charge in [-0.3, -0.25) is 0 Å². The Hall–Kier alpha value is -2.35. The number of anilines is 1. The van der Waals surface area contributed by atoms with Gasteiger partial charge >= 0.3 is 0 Å². The van der Waals surface area contributed by atoms with E-state index in [-0.39, 0.29) is 6.04 Å². The number of fused-ring (bicyclic) bond motifs is 1. The summed E-state index contributed by atoms with van der Waals surface area (Å²) in [4.78, 5) is 8.73. The van der Waals surface area contributed by atoms with Crippen molar-refractivity contribution in [2.75, 3.05) is 18.5 Å². The highest BCUT2D eigenvalue weighted by Gasteiger charge is 2.17. The second-order valence-electron chi connectivity index (χ2n) is 6.60. The molecule has 0 amide bonds. The van der Waals surface area contributed by atoms with Crippen molar-refractivity contribution in [2.45, 2.75) is 39.7 Å². The third-order valence-corrected chi connectivity index (χ3v) is 4.88. The molecule has 0 radical (unpaired) electrons. The quantitative estimate of drug-likeness (QED) is 0.503. The molecule has 1 unspecified atom stereocenters. The number of hydrogen-bond acceptors (Lipinski definition) is 6. The van der Waals surface area contributed by atoms with E-state index >= 15 is 0 Å². The number of benzene rings is 1. The van der Waals surface area contributed by atoms with Crippen molar-refractivity contribution >= 4 is 32.8 Å². The van der Waals surface area contributed by atoms with Crippen LogP contribution in [0.15, 0.2) is 29.1 Å². The number of aromatic nitrogens is 4. The molecule has 0 bridgehead atoms. The van der Waals surface area contributed by atoms with Crippen LogP contribution in [-0.4, -0.2) is 33.0 Å². The maximum absolute atomic E-state index is 5.92. The lowest BCUT2D eigenvalue weighted by atomic mass is 10.1. The van der Waals surface area contributed by atoms with E-state index in [4.69, 9.17) is 9.47 Å². The summed E-state index contributed by atoms with van der Waals surface area (Å²) in [7, 11) is 1.86. The average Bonchev–Trinajstić information content (AvgIpc) is 2.99. The highest BCUT2D eigenvalue weighted by Crippen LogP contribution is 2.33. The van der Waals surface area contributed by atoms with E-state index in [1.165, 1.54) is 0 Å². The third-order valence-electron chi connectivity index (χ3n) is 4.32. The van der Waals surface area contributed by atoms with Gasteiger partial charge in [0.2, 0.25) is 0 Å². The Bertz CT molecular complexity index is 944. The van der Waals surface area contributed by atoms with Crippen molar-refractivity contribution in [1.82, 2.24) is 19.7 Å². The van der Waals surface area contributed by atoms with Crippen LogP contribution in [0.2, 0.25) is 0 Å². The van der Waals surface area contributed by atoms with Gasteiger partial charge in [0.25, 0.3) is 0 Å². The molecule has 8 heteroatoms. The summed E-state index contributed by atoms with van der Waals surface area (Å²) in [6, 6.07) is 6.08.